The number of ether oxygens (including phenoxy) is 1. The van der Waals surface area contributed by atoms with Crippen LogP contribution in [-0.4, -0.2) is 44.6 Å². The maximum absolute atomic E-state index is 14.2. The van der Waals surface area contributed by atoms with Gasteiger partial charge in [-0.15, -0.1) is 0 Å². The Bertz CT molecular complexity index is 645. The molecule has 1 saturated heterocycles. The fraction of sp³-hybridized carbons (Fsp3) is 0.650. The van der Waals surface area contributed by atoms with Crippen molar-refractivity contribution >= 4 is 5.91 Å². The number of nitrogens with zero attached hydrogens (tertiary/aromatic N) is 1. The molecule has 1 unspecified atom stereocenters. The van der Waals surface area contributed by atoms with E-state index in [1.54, 1.807) is 14.1 Å². The maximum atomic E-state index is 14.2. The maximum Gasteiger partial charge on any atom is 0.226 e. The van der Waals surface area contributed by atoms with Crippen LogP contribution in [0.1, 0.15) is 31.2 Å². The Morgan fingerprint density at radius 2 is 1.96 bits per heavy atom. The number of amides is 1. The second-order valence-electron chi connectivity index (χ2n) is 7.72. The van der Waals surface area contributed by atoms with Gasteiger partial charge in [-0.25, -0.2) is 8.78 Å². The van der Waals surface area contributed by atoms with E-state index in [2.05, 4.69) is 5.32 Å². The molecular formula is C20H28F2N2O2. The van der Waals surface area contributed by atoms with E-state index in [4.69, 9.17) is 4.74 Å². The van der Waals surface area contributed by atoms with Gasteiger partial charge in [0.15, 0.2) is 11.6 Å². The van der Waals surface area contributed by atoms with E-state index in [1.165, 1.54) is 24.2 Å². The lowest BCUT2D eigenvalue weighted by Crippen LogP contribution is -2.29. The third-order valence-corrected chi connectivity index (χ3v) is 5.65. The summed E-state index contributed by atoms with van der Waals surface area (Å²) in [4.78, 5) is 13.0. The van der Waals surface area contributed by atoms with Gasteiger partial charge in [-0.1, -0.05) is 0 Å². The molecule has 1 heterocycles. The highest BCUT2D eigenvalue weighted by Gasteiger charge is 2.42. The fourth-order valence-electron chi connectivity index (χ4n) is 3.91. The van der Waals surface area contributed by atoms with E-state index in [0.717, 1.165) is 43.5 Å². The number of piperidine rings is 1. The molecule has 1 aromatic carbocycles. The number of carbonyl (C=O) groups excluding carboxylic acids is 1. The number of benzene rings is 1. The molecule has 4 nitrogen and oxygen atoms in total. The lowest BCUT2D eigenvalue weighted by Gasteiger charge is -2.22. The molecule has 1 aliphatic heterocycles. The number of halogens is 2. The Labute approximate surface area is 153 Å². The van der Waals surface area contributed by atoms with Gasteiger partial charge in [0.1, 0.15) is 5.82 Å². The zero-order valence-electron chi connectivity index (χ0n) is 15.6. The smallest absolute Gasteiger partial charge is 0.226 e. The summed E-state index contributed by atoms with van der Waals surface area (Å²) in [5.41, 5.74) is 0.0571. The topological polar surface area (TPSA) is 41.6 Å². The first-order valence-electron chi connectivity index (χ1n) is 9.47. The molecule has 26 heavy (non-hydrogen) atoms. The SMILES string of the molecule is CN(C)C(=O)Cc1cc(F)c(OCCC2C[C@@H]2C2CCNCC2)cc1F. The molecular weight excluding hydrogens is 338 g/mol. The molecule has 3 rings (SSSR count). The molecule has 1 saturated carbocycles. The molecule has 2 atom stereocenters. The number of hydrogen-bond donors (Lipinski definition) is 1. The lowest BCUT2D eigenvalue weighted by atomic mass is 9.91. The number of likely N-dealkylation sites (N-methyl/N-ethyl adjacent to an activating group) is 1. The Hall–Kier alpha value is -1.69. The average molecular weight is 366 g/mol. The van der Waals surface area contributed by atoms with E-state index in [1.807, 2.05) is 0 Å². The van der Waals surface area contributed by atoms with Crippen molar-refractivity contribution in [3.05, 3.63) is 29.3 Å². The predicted octanol–water partition coefficient (Wildman–Crippen LogP) is 3.00. The number of carbonyl (C=O) groups is 1. The molecule has 1 aliphatic carbocycles. The minimum Gasteiger partial charge on any atom is -0.490 e. The highest BCUT2D eigenvalue weighted by Crippen LogP contribution is 2.49. The first-order chi connectivity index (χ1) is 12.5. The van der Waals surface area contributed by atoms with Gasteiger partial charge in [-0.3, -0.25) is 4.79 Å². The normalized spacial score (nSPS) is 22.9. The van der Waals surface area contributed by atoms with Gasteiger partial charge in [-0.2, -0.15) is 0 Å². The summed E-state index contributed by atoms with van der Waals surface area (Å²) in [7, 11) is 3.17. The molecule has 144 valence electrons. The molecule has 0 radical (unpaired) electrons. The Morgan fingerprint density at radius 3 is 2.65 bits per heavy atom. The summed E-state index contributed by atoms with van der Waals surface area (Å²) in [6.45, 7) is 2.62. The van der Waals surface area contributed by atoms with Crippen LogP contribution >= 0.6 is 0 Å². The van der Waals surface area contributed by atoms with Crippen LogP contribution in [0.15, 0.2) is 12.1 Å². The summed E-state index contributed by atoms with van der Waals surface area (Å²) in [5, 5.41) is 3.39. The summed E-state index contributed by atoms with van der Waals surface area (Å²) < 4.78 is 33.8. The van der Waals surface area contributed by atoms with Gasteiger partial charge in [0.2, 0.25) is 5.91 Å². The minimum atomic E-state index is -0.612. The first-order valence-corrected chi connectivity index (χ1v) is 9.47. The van der Waals surface area contributed by atoms with Gasteiger partial charge < -0.3 is 15.0 Å². The number of hydrogen-bond acceptors (Lipinski definition) is 3. The monoisotopic (exact) mass is 366 g/mol. The second-order valence-corrected chi connectivity index (χ2v) is 7.72. The van der Waals surface area contributed by atoms with Crippen LogP contribution in [0.5, 0.6) is 5.75 Å². The molecule has 1 aromatic rings. The highest BCUT2D eigenvalue weighted by molar-refractivity contribution is 5.78. The van der Waals surface area contributed by atoms with Crippen LogP contribution in [-0.2, 0) is 11.2 Å². The number of nitrogens with one attached hydrogen (secondary N) is 1. The van der Waals surface area contributed by atoms with Gasteiger partial charge in [-0.05, 0) is 62.6 Å². The fourth-order valence-corrected chi connectivity index (χ4v) is 3.91. The zero-order chi connectivity index (χ0) is 18.7. The van der Waals surface area contributed by atoms with Crippen LogP contribution in [0.2, 0.25) is 0 Å². The Kier molecular flexibility index (Phi) is 6.12. The Balaban J connectivity index is 1.48. The Morgan fingerprint density at radius 1 is 1.23 bits per heavy atom. The molecule has 0 aromatic heterocycles. The lowest BCUT2D eigenvalue weighted by molar-refractivity contribution is -0.128. The average Bonchev–Trinajstić information content (AvgIpc) is 3.39. The molecule has 1 N–H and O–H groups in total. The van der Waals surface area contributed by atoms with Crippen LogP contribution in [0.4, 0.5) is 8.78 Å². The van der Waals surface area contributed by atoms with Crippen molar-refractivity contribution in [3.8, 4) is 5.75 Å². The largest absolute Gasteiger partial charge is 0.490 e. The zero-order valence-corrected chi connectivity index (χ0v) is 15.6. The van der Waals surface area contributed by atoms with Crippen molar-refractivity contribution in [2.45, 2.75) is 32.1 Å². The standard InChI is InChI=1S/C20H28F2N2O2/c1-24(2)20(25)11-15-10-18(22)19(12-17(15)21)26-8-5-14-9-16(14)13-3-6-23-7-4-13/h10,12-14,16,23H,3-9,11H2,1-2H3/t14?,16-/m1/s1. The summed E-state index contributed by atoms with van der Waals surface area (Å²) >= 11 is 0. The van der Waals surface area contributed by atoms with Crippen LogP contribution in [0.3, 0.4) is 0 Å². The van der Waals surface area contributed by atoms with Gasteiger partial charge in [0.05, 0.1) is 13.0 Å². The quantitative estimate of drug-likeness (QED) is 0.807. The number of rotatable bonds is 7. The summed E-state index contributed by atoms with van der Waals surface area (Å²) in [5.74, 6) is 0.695. The van der Waals surface area contributed by atoms with E-state index in [-0.39, 0.29) is 23.6 Å². The molecule has 0 bridgehead atoms. The predicted molar refractivity (Wildman–Crippen MR) is 96.1 cm³/mol. The van der Waals surface area contributed by atoms with Gasteiger partial charge in [0, 0.05) is 25.7 Å². The van der Waals surface area contributed by atoms with Crippen LogP contribution in [0, 0.1) is 29.4 Å². The molecule has 2 aliphatic rings. The van der Waals surface area contributed by atoms with E-state index in [9.17, 15) is 13.6 Å². The highest BCUT2D eigenvalue weighted by atomic mass is 19.1. The first kappa shape index (κ1) is 19.1. The van der Waals surface area contributed by atoms with E-state index < -0.39 is 11.6 Å². The van der Waals surface area contributed by atoms with E-state index >= 15 is 0 Å². The van der Waals surface area contributed by atoms with Crippen molar-refractivity contribution in [2.75, 3.05) is 33.8 Å². The van der Waals surface area contributed by atoms with Crippen molar-refractivity contribution in [2.24, 2.45) is 17.8 Å². The summed E-state index contributed by atoms with van der Waals surface area (Å²) in [6, 6.07) is 2.13. The van der Waals surface area contributed by atoms with Crippen molar-refractivity contribution in [1.29, 1.82) is 0 Å². The molecule has 1 amide bonds. The van der Waals surface area contributed by atoms with Crippen LogP contribution < -0.4 is 10.1 Å². The molecule has 6 heteroatoms. The van der Waals surface area contributed by atoms with E-state index in [0.29, 0.717) is 12.5 Å². The van der Waals surface area contributed by atoms with Crippen LogP contribution in [0.25, 0.3) is 0 Å². The third-order valence-electron chi connectivity index (χ3n) is 5.65. The minimum absolute atomic E-state index is 0.0571. The van der Waals surface area contributed by atoms with Gasteiger partial charge >= 0.3 is 0 Å². The second kappa shape index (κ2) is 8.33. The summed E-state index contributed by atoms with van der Waals surface area (Å²) in [6.07, 6.45) is 4.45. The third kappa shape index (κ3) is 4.72. The van der Waals surface area contributed by atoms with Gasteiger partial charge in [0.25, 0.3) is 0 Å². The van der Waals surface area contributed by atoms with Crippen molar-refractivity contribution in [3.63, 3.8) is 0 Å². The van der Waals surface area contributed by atoms with Crippen molar-refractivity contribution < 1.29 is 18.3 Å². The van der Waals surface area contributed by atoms with Crippen molar-refractivity contribution in [1.82, 2.24) is 10.2 Å². The molecule has 2 fully saturated rings. The molecule has 0 spiro atoms.